The Labute approximate surface area is 127 Å². The quantitative estimate of drug-likeness (QED) is 0.515. The molecule has 1 aromatic rings. The van der Waals surface area contributed by atoms with Gasteiger partial charge in [0.2, 0.25) is 0 Å². The number of ketones is 1. The third kappa shape index (κ3) is 5.29. The van der Waals surface area contributed by atoms with Crippen LogP contribution in [0.2, 0.25) is 0 Å². The van der Waals surface area contributed by atoms with Crippen molar-refractivity contribution >= 4 is 5.78 Å². The van der Waals surface area contributed by atoms with Crippen molar-refractivity contribution in [2.75, 3.05) is 13.2 Å². The first-order chi connectivity index (χ1) is 10.1. The predicted molar refractivity (Wildman–Crippen MR) is 83.5 cm³/mol. The maximum absolute atomic E-state index is 11.9. The van der Waals surface area contributed by atoms with Crippen LogP contribution in [0.3, 0.4) is 0 Å². The van der Waals surface area contributed by atoms with Gasteiger partial charge in [0.25, 0.3) is 0 Å². The molecular formula is C17H26O4. The Hall–Kier alpha value is -1.71. The lowest BCUT2D eigenvalue weighted by molar-refractivity contribution is 0.0981. The molecular weight excluding hydrogens is 268 g/mol. The summed E-state index contributed by atoms with van der Waals surface area (Å²) < 4.78 is 11.1. The minimum Gasteiger partial charge on any atom is -0.507 e. The molecule has 0 aromatic heterocycles. The number of Topliss-reactive ketones (excluding diaryl/α,β-unsaturated/α-hetero) is 1. The van der Waals surface area contributed by atoms with Gasteiger partial charge in [-0.25, -0.2) is 0 Å². The van der Waals surface area contributed by atoms with Gasteiger partial charge in [-0.1, -0.05) is 33.1 Å². The molecule has 0 aliphatic rings. The van der Waals surface area contributed by atoms with Crippen LogP contribution in [0.5, 0.6) is 17.2 Å². The first-order valence-electron chi connectivity index (χ1n) is 7.79. The molecule has 1 N–H and O–H groups in total. The number of benzene rings is 1. The number of ether oxygens (including phenoxy) is 2. The summed E-state index contributed by atoms with van der Waals surface area (Å²) in [6.07, 6.45) is 4.82. The van der Waals surface area contributed by atoms with Crippen molar-refractivity contribution in [2.45, 2.75) is 52.9 Å². The summed E-state index contributed by atoms with van der Waals surface area (Å²) in [6.45, 7) is 6.80. The van der Waals surface area contributed by atoms with Gasteiger partial charge < -0.3 is 14.6 Å². The number of unbranched alkanes of at least 4 members (excludes halogenated alkanes) is 3. The predicted octanol–water partition coefficient (Wildman–Crippen LogP) is 4.34. The van der Waals surface area contributed by atoms with Crippen LogP contribution in [-0.4, -0.2) is 24.1 Å². The van der Waals surface area contributed by atoms with E-state index in [9.17, 15) is 9.90 Å². The number of phenolic OH excluding ortho intramolecular Hbond substituents is 1. The molecule has 0 heterocycles. The molecule has 0 aliphatic carbocycles. The Balaban J connectivity index is 2.80. The number of rotatable bonds is 10. The number of carbonyl (C=O) groups excluding carboxylic acids is 1. The lowest BCUT2D eigenvalue weighted by Crippen LogP contribution is -2.05. The number of hydrogen-bond acceptors (Lipinski definition) is 4. The maximum Gasteiger partial charge on any atom is 0.170 e. The molecule has 4 heteroatoms. The second-order valence-corrected chi connectivity index (χ2v) is 4.93. The van der Waals surface area contributed by atoms with Crippen LogP contribution in [-0.2, 0) is 0 Å². The zero-order valence-electron chi connectivity index (χ0n) is 13.3. The Bertz CT molecular complexity index is 454. The minimum absolute atomic E-state index is 0.0728. The van der Waals surface area contributed by atoms with Crippen molar-refractivity contribution in [2.24, 2.45) is 0 Å². The molecule has 0 saturated heterocycles. The van der Waals surface area contributed by atoms with Crippen LogP contribution in [0.1, 0.15) is 63.2 Å². The monoisotopic (exact) mass is 294 g/mol. The standard InChI is InChI=1S/C17H26O4/c1-4-7-8-9-10-21-13-11-15(19)17(14(18)5-2)16(12-13)20-6-3/h11-12,19H,4-10H2,1-3H3. The average Bonchev–Trinajstić information content (AvgIpc) is 2.46. The van der Waals surface area contributed by atoms with Crippen molar-refractivity contribution in [3.8, 4) is 17.2 Å². The molecule has 21 heavy (non-hydrogen) atoms. The fourth-order valence-electron chi connectivity index (χ4n) is 2.10. The highest BCUT2D eigenvalue weighted by Crippen LogP contribution is 2.34. The van der Waals surface area contributed by atoms with E-state index in [2.05, 4.69) is 6.92 Å². The molecule has 1 rings (SSSR count). The normalized spacial score (nSPS) is 10.4. The summed E-state index contributed by atoms with van der Waals surface area (Å²) in [4.78, 5) is 11.9. The Morgan fingerprint density at radius 2 is 1.86 bits per heavy atom. The highest BCUT2D eigenvalue weighted by molar-refractivity contribution is 6.01. The van der Waals surface area contributed by atoms with Crippen molar-refractivity contribution in [1.29, 1.82) is 0 Å². The molecule has 0 bridgehead atoms. The topological polar surface area (TPSA) is 55.8 Å². The minimum atomic E-state index is -0.134. The fourth-order valence-corrected chi connectivity index (χ4v) is 2.10. The molecule has 4 nitrogen and oxygen atoms in total. The van der Waals surface area contributed by atoms with Gasteiger partial charge in [0.15, 0.2) is 5.78 Å². The number of phenols is 1. The summed E-state index contributed by atoms with van der Waals surface area (Å²) in [7, 11) is 0. The van der Waals surface area contributed by atoms with E-state index in [0.29, 0.717) is 31.1 Å². The summed E-state index contributed by atoms with van der Waals surface area (Å²) in [5.41, 5.74) is 0.248. The molecule has 1 aromatic carbocycles. The second kappa shape index (κ2) is 9.27. The molecule has 0 atom stereocenters. The van der Waals surface area contributed by atoms with Crippen molar-refractivity contribution in [3.63, 3.8) is 0 Å². The third-order valence-electron chi connectivity index (χ3n) is 3.22. The number of carbonyl (C=O) groups is 1. The highest BCUT2D eigenvalue weighted by Gasteiger charge is 2.18. The lowest BCUT2D eigenvalue weighted by Gasteiger charge is -2.14. The summed E-state index contributed by atoms with van der Waals surface area (Å²) in [5.74, 6) is 0.731. The van der Waals surface area contributed by atoms with Crippen molar-refractivity contribution < 1.29 is 19.4 Å². The summed E-state index contributed by atoms with van der Waals surface area (Å²) in [5, 5.41) is 10.1. The van der Waals surface area contributed by atoms with E-state index in [0.717, 1.165) is 12.8 Å². The van der Waals surface area contributed by atoms with Gasteiger partial charge >= 0.3 is 0 Å². The molecule has 0 aliphatic heterocycles. The first kappa shape index (κ1) is 17.3. The summed E-state index contributed by atoms with van der Waals surface area (Å²) >= 11 is 0. The lowest BCUT2D eigenvalue weighted by atomic mass is 10.1. The molecule has 0 unspecified atom stereocenters. The van der Waals surface area contributed by atoms with Gasteiger partial charge in [-0.3, -0.25) is 4.79 Å². The largest absolute Gasteiger partial charge is 0.507 e. The molecule has 0 fully saturated rings. The first-order valence-corrected chi connectivity index (χ1v) is 7.79. The second-order valence-electron chi connectivity index (χ2n) is 4.93. The zero-order valence-corrected chi connectivity index (χ0v) is 13.3. The SMILES string of the molecule is CCCCCCOc1cc(O)c(C(=O)CC)c(OCC)c1. The molecule has 0 saturated carbocycles. The molecule has 0 amide bonds. The van der Waals surface area contributed by atoms with E-state index in [1.54, 1.807) is 13.0 Å². The van der Waals surface area contributed by atoms with E-state index in [1.165, 1.54) is 18.9 Å². The number of aromatic hydroxyl groups is 1. The van der Waals surface area contributed by atoms with Gasteiger partial charge in [0.1, 0.15) is 22.8 Å². The zero-order chi connectivity index (χ0) is 15.7. The van der Waals surface area contributed by atoms with Crippen molar-refractivity contribution in [1.82, 2.24) is 0 Å². The third-order valence-corrected chi connectivity index (χ3v) is 3.22. The van der Waals surface area contributed by atoms with Gasteiger partial charge in [-0.15, -0.1) is 0 Å². The highest BCUT2D eigenvalue weighted by atomic mass is 16.5. The van der Waals surface area contributed by atoms with E-state index in [-0.39, 0.29) is 17.1 Å². The van der Waals surface area contributed by atoms with Crippen LogP contribution in [0, 0.1) is 0 Å². The molecule has 0 spiro atoms. The van der Waals surface area contributed by atoms with Crippen molar-refractivity contribution in [3.05, 3.63) is 17.7 Å². The maximum atomic E-state index is 11.9. The molecule has 118 valence electrons. The Kier molecular flexibility index (Phi) is 7.65. The van der Waals surface area contributed by atoms with Crippen LogP contribution < -0.4 is 9.47 Å². The van der Waals surface area contributed by atoms with Gasteiger partial charge in [0, 0.05) is 18.6 Å². The smallest absolute Gasteiger partial charge is 0.170 e. The number of hydrogen-bond donors (Lipinski definition) is 1. The van der Waals surface area contributed by atoms with Gasteiger partial charge in [-0.05, 0) is 13.3 Å². The van der Waals surface area contributed by atoms with Crippen LogP contribution >= 0.6 is 0 Å². The van der Waals surface area contributed by atoms with E-state index >= 15 is 0 Å². The molecule has 0 radical (unpaired) electrons. The van der Waals surface area contributed by atoms with Gasteiger partial charge in [0.05, 0.1) is 13.2 Å². The summed E-state index contributed by atoms with van der Waals surface area (Å²) in [6, 6.07) is 3.18. The van der Waals surface area contributed by atoms with E-state index in [4.69, 9.17) is 9.47 Å². The average molecular weight is 294 g/mol. The van der Waals surface area contributed by atoms with Crippen LogP contribution in [0.25, 0.3) is 0 Å². The fraction of sp³-hybridized carbons (Fsp3) is 0.588. The van der Waals surface area contributed by atoms with Crippen LogP contribution in [0.4, 0.5) is 0 Å². The van der Waals surface area contributed by atoms with Gasteiger partial charge in [-0.2, -0.15) is 0 Å². The Morgan fingerprint density at radius 1 is 1.10 bits per heavy atom. The van der Waals surface area contributed by atoms with E-state index in [1.807, 2.05) is 6.92 Å². The Morgan fingerprint density at radius 3 is 2.48 bits per heavy atom. The van der Waals surface area contributed by atoms with E-state index < -0.39 is 0 Å². The van der Waals surface area contributed by atoms with Crippen LogP contribution in [0.15, 0.2) is 12.1 Å².